The predicted octanol–water partition coefficient (Wildman–Crippen LogP) is 5.83. The first-order valence-corrected chi connectivity index (χ1v) is 9.61. The van der Waals surface area contributed by atoms with Crippen LogP contribution in [-0.4, -0.2) is 19.9 Å². The number of aromatic nitrogens is 2. The molecule has 0 atom stereocenters. The zero-order chi connectivity index (χ0) is 20.3. The molecule has 1 aromatic heterocycles. The Morgan fingerprint density at radius 2 is 1.75 bits per heavy atom. The summed E-state index contributed by atoms with van der Waals surface area (Å²) in [5.41, 5.74) is 3.71. The number of thioether (sulfide) groups is 1. The number of aryl methyl sites for hydroxylation is 3. The number of nitro benzene ring substituents is 1. The maximum absolute atomic E-state index is 11.2. The van der Waals surface area contributed by atoms with E-state index in [2.05, 4.69) is 9.97 Å². The molecule has 142 valence electrons. The van der Waals surface area contributed by atoms with Gasteiger partial charge in [0.25, 0.3) is 5.69 Å². The van der Waals surface area contributed by atoms with E-state index in [1.807, 2.05) is 45.0 Å². The molecule has 0 bridgehead atoms. The predicted molar refractivity (Wildman–Crippen MR) is 113 cm³/mol. The molecule has 1 heterocycles. The van der Waals surface area contributed by atoms with Crippen molar-refractivity contribution in [1.29, 1.82) is 0 Å². The topological polar surface area (TPSA) is 81.3 Å². The zero-order valence-corrected chi connectivity index (χ0v) is 17.1. The van der Waals surface area contributed by atoms with E-state index >= 15 is 0 Å². The van der Waals surface area contributed by atoms with Gasteiger partial charge in [-0.2, -0.15) is 0 Å². The van der Waals surface area contributed by atoms with Crippen molar-refractivity contribution in [2.24, 2.45) is 4.99 Å². The van der Waals surface area contributed by atoms with Crippen LogP contribution in [0.3, 0.4) is 0 Å². The molecule has 0 amide bonds. The molecule has 3 aromatic rings. The van der Waals surface area contributed by atoms with Crippen molar-refractivity contribution in [3.05, 3.63) is 86.2 Å². The maximum atomic E-state index is 11.2. The molecule has 0 saturated heterocycles. The largest absolute Gasteiger partial charge is 0.271 e. The molecule has 0 unspecified atom stereocenters. The zero-order valence-electron chi connectivity index (χ0n) is 15.5. The van der Waals surface area contributed by atoms with E-state index in [0.717, 1.165) is 17.0 Å². The lowest BCUT2D eigenvalue weighted by atomic mass is 10.2. The van der Waals surface area contributed by atoms with Gasteiger partial charge in [-0.05, 0) is 50.2 Å². The van der Waals surface area contributed by atoms with E-state index in [-0.39, 0.29) is 5.69 Å². The van der Waals surface area contributed by atoms with E-state index in [1.54, 1.807) is 12.1 Å². The molecular weight excluding hydrogens is 396 g/mol. The Kier molecular flexibility index (Phi) is 6.06. The average molecular weight is 413 g/mol. The summed E-state index contributed by atoms with van der Waals surface area (Å²) in [5.74, 6) is 0. The van der Waals surface area contributed by atoms with Crippen molar-refractivity contribution in [2.75, 3.05) is 0 Å². The van der Waals surface area contributed by atoms with Crippen LogP contribution in [-0.2, 0) is 0 Å². The van der Waals surface area contributed by atoms with Crippen LogP contribution in [0.1, 0.15) is 22.5 Å². The Morgan fingerprint density at radius 1 is 1.07 bits per heavy atom. The van der Waals surface area contributed by atoms with Crippen LogP contribution < -0.4 is 0 Å². The Hall–Kier alpha value is -2.77. The minimum atomic E-state index is -0.437. The van der Waals surface area contributed by atoms with Crippen LogP contribution >= 0.6 is 23.4 Å². The quantitative estimate of drug-likeness (QED) is 0.134. The van der Waals surface area contributed by atoms with E-state index in [9.17, 15) is 10.1 Å². The smallest absolute Gasteiger partial charge is 0.258 e. The molecule has 0 aliphatic heterocycles. The second-order valence-electron chi connectivity index (χ2n) is 6.16. The van der Waals surface area contributed by atoms with Gasteiger partial charge >= 0.3 is 0 Å². The van der Waals surface area contributed by atoms with Crippen LogP contribution in [0.25, 0.3) is 0 Å². The molecule has 0 saturated carbocycles. The van der Waals surface area contributed by atoms with Gasteiger partial charge in [0.15, 0.2) is 5.16 Å². The maximum Gasteiger partial charge on any atom is 0.271 e. The van der Waals surface area contributed by atoms with Gasteiger partial charge < -0.3 is 0 Å². The molecule has 0 radical (unpaired) electrons. The van der Waals surface area contributed by atoms with E-state index in [0.29, 0.717) is 26.5 Å². The van der Waals surface area contributed by atoms with Gasteiger partial charge in [0.1, 0.15) is 5.04 Å². The summed E-state index contributed by atoms with van der Waals surface area (Å²) in [4.78, 5) is 24.3. The molecule has 0 fully saturated rings. The second kappa shape index (κ2) is 8.50. The summed E-state index contributed by atoms with van der Waals surface area (Å²) in [7, 11) is 0. The van der Waals surface area contributed by atoms with Crippen molar-refractivity contribution in [1.82, 2.24) is 9.97 Å². The van der Waals surface area contributed by atoms with E-state index in [1.165, 1.54) is 23.9 Å². The second-order valence-corrected chi connectivity index (χ2v) is 7.52. The minimum absolute atomic E-state index is 0.0180. The van der Waals surface area contributed by atoms with Crippen molar-refractivity contribution in [2.45, 2.75) is 25.9 Å². The third kappa shape index (κ3) is 4.74. The van der Waals surface area contributed by atoms with E-state index in [4.69, 9.17) is 16.6 Å². The number of nitro groups is 1. The number of halogens is 1. The average Bonchev–Trinajstić information content (AvgIpc) is 2.62. The van der Waals surface area contributed by atoms with Gasteiger partial charge in [-0.25, -0.2) is 15.0 Å². The SMILES string of the molecule is Cc1cc(C)nc(SC(=Nc2cc([N+](=O)[O-])ccc2C)c2ccccc2Cl)n1. The summed E-state index contributed by atoms with van der Waals surface area (Å²) in [6.45, 7) is 5.65. The number of aliphatic imine (C=N–C) groups is 1. The highest BCUT2D eigenvalue weighted by Crippen LogP contribution is 2.31. The lowest BCUT2D eigenvalue weighted by Gasteiger charge is -2.10. The third-order valence-electron chi connectivity index (χ3n) is 3.88. The molecule has 8 heteroatoms. The molecule has 0 aliphatic rings. The number of rotatable bonds is 4. The Bertz CT molecular complexity index is 1070. The molecule has 6 nitrogen and oxygen atoms in total. The summed E-state index contributed by atoms with van der Waals surface area (Å²) >= 11 is 7.67. The lowest BCUT2D eigenvalue weighted by molar-refractivity contribution is -0.384. The number of nitrogens with zero attached hydrogens (tertiary/aromatic N) is 4. The minimum Gasteiger partial charge on any atom is -0.258 e. The third-order valence-corrected chi connectivity index (χ3v) is 5.08. The van der Waals surface area contributed by atoms with Gasteiger partial charge in [0.2, 0.25) is 0 Å². The van der Waals surface area contributed by atoms with Gasteiger partial charge in [-0.3, -0.25) is 10.1 Å². The summed E-state index contributed by atoms with van der Waals surface area (Å²) in [5, 5.41) is 12.8. The fourth-order valence-corrected chi connectivity index (χ4v) is 3.80. The highest BCUT2D eigenvalue weighted by molar-refractivity contribution is 8.14. The fraction of sp³-hybridized carbons (Fsp3) is 0.150. The molecule has 28 heavy (non-hydrogen) atoms. The molecule has 0 aliphatic carbocycles. The van der Waals surface area contributed by atoms with Crippen molar-refractivity contribution in [3.63, 3.8) is 0 Å². The monoisotopic (exact) mass is 412 g/mol. The highest BCUT2D eigenvalue weighted by Gasteiger charge is 2.15. The first kappa shape index (κ1) is 20.0. The first-order chi connectivity index (χ1) is 13.3. The number of hydrogen-bond donors (Lipinski definition) is 0. The summed E-state index contributed by atoms with van der Waals surface area (Å²) in [6, 6.07) is 13.8. The van der Waals surface area contributed by atoms with Gasteiger partial charge in [0, 0.05) is 29.1 Å². The summed E-state index contributed by atoms with van der Waals surface area (Å²) < 4.78 is 0. The van der Waals surface area contributed by atoms with Crippen LogP contribution in [0.15, 0.2) is 58.7 Å². The Labute approximate surface area is 171 Å². The Balaban J connectivity index is 2.14. The normalized spacial score (nSPS) is 11.5. The number of hydrogen-bond acceptors (Lipinski definition) is 6. The Morgan fingerprint density at radius 3 is 2.39 bits per heavy atom. The highest BCUT2D eigenvalue weighted by atomic mass is 35.5. The molecular formula is C20H17ClN4O2S. The van der Waals surface area contributed by atoms with Gasteiger partial charge in [0.05, 0.1) is 15.6 Å². The lowest BCUT2D eigenvalue weighted by Crippen LogP contribution is -2.01. The number of non-ortho nitro benzene ring substituents is 1. The van der Waals surface area contributed by atoms with Crippen molar-refractivity contribution >= 4 is 39.8 Å². The number of benzene rings is 2. The standard InChI is InChI=1S/C20H17ClN4O2S/c1-12-8-9-15(25(26)27)11-18(12)24-19(16-6-4-5-7-17(16)21)28-20-22-13(2)10-14(3)23-20/h4-11H,1-3H3. The van der Waals surface area contributed by atoms with Crippen LogP contribution in [0, 0.1) is 30.9 Å². The molecule has 3 rings (SSSR count). The van der Waals surface area contributed by atoms with Gasteiger partial charge in [-0.15, -0.1) is 0 Å². The van der Waals surface area contributed by atoms with Crippen molar-refractivity contribution in [3.8, 4) is 0 Å². The first-order valence-electron chi connectivity index (χ1n) is 8.42. The van der Waals surface area contributed by atoms with Crippen molar-refractivity contribution < 1.29 is 4.92 Å². The van der Waals surface area contributed by atoms with E-state index < -0.39 is 4.92 Å². The summed E-state index contributed by atoms with van der Waals surface area (Å²) in [6.07, 6.45) is 0. The van der Waals surface area contributed by atoms with Crippen LogP contribution in [0.2, 0.25) is 5.02 Å². The fourth-order valence-electron chi connectivity index (χ4n) is 2.54. The van der Waals surface area contributed by atoms with Crippen LogP contribution in [0.5, 0.6) is 0 Å². The molecule has 0 N–H and O–H groups in total. The molecule has 0 spiro atoms. The van der Waals surface area contributed by atoms with Gasteiger partial charge in [-0.1, -0.05) is 35.9 Å². The molecule has 2 aromatic carbocycles. The van der Waals surface area contributed by atoms with Crippen LogP contribution in [0.4, 0.5) is 11.4 Å².